The van der Waals surface area contributed by atoms with Crippen molar-refractivity contribution in [2.24, 2.45) is 5.73 Å². The van der Waals surface area contributed by atoms with E-state index in [9.17, 15) is 0 Å². The molecule has 1 aromatic carbocycles. The fraction of sp³-hybridized carbons (Fsp3) is 0.267. The van der Waals surface area contributed by atoms with Gasteiger partial charge in [0.05, 0.1) is 18.8 Å². The molecule has 2 rings (SSSR count). The van der Waals surface area contributed by atoms with E-state index in [-0.39, 0.29) is 6.04 Å². The minimum atomic E-state index is -0.175. The molecule has 0 aliphatic heterocycles. The number of hydrogen-bond acceptors (Lipinski definition) is 3. The summed E-state index contributed by atoms with van der Waals surface area (Å²) in [5, 5.41) is 0. The molecule has 1 unspecified atom stereocenters. The highest BCUT2D eigenvalue weighted by molar-refractivity contribution is 14.1. The number of rotatable bonds is 5. The first-order valence-electron chi connectivity index (χ1n) is 6.30. The molecule has 2 aromatic rings. The smallest absolute Gasteiger partial charge is 0.137 e. The Hall–Kier alpha value is -1.14. The molecule has 4 heteroatoms. The van der Waals surface area contributed by atoms with Gasteiger partial charge in [0.15, 0.2) is 0 Å². The molecule has 1 heterocycles. The summed E-state index contributed by atoms with van der Waals surface area (Å²) in [4.78, 5) is 4.21. The van der Waals surface area contributed by atoms with E-state index in [1.165, 1.54) is 0 Å². The van der Waals surface area contributed by atoms with Crippen LogP contribution in [0.2, 0.25) is 0 Å². The average molecular weight is 368 g/mol. The van der Waals surface area contributed by atoms with Gasteiger partial charge in [-0.15, -0.1) is 0 Å². The zero-order chi connectivity index (χ0) is 13.7. The van der Waals surface area contributed by atoms with Gasteiger partial charge in [0.1, 0.15) is 5.75 Å². The zero-order valence-corrected chi connectivity index (χ0v) is 13.0. The van der Waals surface area contributed by atoms with Gasteiger partial charge < -0.3 is 10.5 Å². The lowest BCUT2D eigenvalue weighted by atomic mass is 10.0. The largest absolute Gasteiger partial charge is 0.492 e. The second-order valence-electron chi connectivity index (χ2n) is 4.30. The van der Waals surface area contributed by atoms with Crippen molar-refractivity contribution in [1.82, 2.24) is 4.98 Å². The number of benzene rings is 1. The Morgan fingerprint density at radius 3 is 2.84 bits per heavy atom. The van der Waals surface area contributed by atoms with E-state index in [0.29, 0.717) is 6.61 Å². The van der Waals surface area contributed by atoms with Crippen LogP contribution in [0.3, 0.4) is 0 Å². The van der Waals surface area contributed by atoms with Gasteiger partial charge in [-0.05, 0) is 52.3 Å². The molecule has 0 spiro atoms. The Bertz CT molecular complexity index is 545. The number of aromatic nitrogens is 1. The van der Waals surface area contributed by atoms with Crippen molar-refractivity contribution in [3.05, 3.63) is 57.4 Å². The van der Waals surface area contributed by atoms with Gasteiger partial charge >= 0.3 is 0 Å². The molecule has 0 saturated heterocycles. The molecule has 3 nitrogen and oxygen atoms in total. The summed E-state index contributed by atoms with van der Waals surface area (Å²) >= 11 is 2.30. The molecular weight excluding hydrogens is 351 g/mol. The molecule has 2 N–H and O–H groups in total. The lowest BCUT2D eigenvalue weighted by Gasteiger charge is -2.15. The number of ether oxygens (including phenoxy) is 1. The number of hydrogen-bond donors (Lipinski definition) is 1. The third kappa shape index (κ3) is 3.67. The SMILES string of the molecule is CCCOc1cncc(C(N)c2ccccc2I)c1. The Balaban J connectivity index is 2.24. The second kappa shape index (κ2) is 6.86. The number of nitrogens with two attached hydrogens (primary N) is 1. The normalized spacial score (nSPS) is 12.2. The number of nitrogens with zero attached hydrogens (tertiary/aromatic N) is 1. The van der Waals surface area contributed by atoms with Crippen molar-refractivity contribution < 1.29 is 4.74 Å². The lowest BCUT2D eigenvalue weighted by Crippen LogP contribution is -2.13. The van der Waals surface area contributed by atoms with Gasteiger partial charge in [-0.2, -0.15) is 0 Å². The summed E-state index contributed by atoms with van der Waals surface area (Å²) in [5.41, 5.74) is 8.39. The molecule has 0 amide bonds. The Labute approximate surface area is 127 Å². The van der Waals surface area contributed by atoms with Crippen LogP contribution >= 0.6 is 22.6 Å². The van der Waals surface area contributed by atoms with Crippen LogP contribution in [0, 0.1) is 3.57 Å². The fourth-order valence-electron chi connectivity index (χ4n) is 1.81. The van der Waals surface area contributed by atoms with E-state index in [4.69, 9.17) is 10.5 Å². The van der Waals surface area contributed by atoms with Crippen molar-refractivity contribution in [3.8, 4) is 5.75 Å². The van der Waals surface area contributed by atoms with Crippen LogP contribution in [0.4, 0.5) is 0 Å². The quantitative estimate of drug-likeness (QED) is 0.822. The molecule has 100 valence electrons. The van der Waals surface area contributed by atoms with Gasteiger partial charge in [0.2, 0.25) is 0 Å². The second-order valence-corrected chi connectivity index (χ2v) is 5.46. The molecule has 0 bridgehead atoms. The maximum absolute atomic E-state index is 6.31. The first-order chi connectivity index (χ1) is 9.22. The van der Waals surface area contributed by atoms with Crippen LogP contribution < -0.4 is 10.5 Å². The minimum Gasteiger partial charge on any atom is -0.492 e. The fourth-order valence-corrected chi connectivity index (χ4v) is 2.53. The van der Waals surface area contributed by atoms with Crippen LogP contribution in [0.5, 0.6) is 5.75 Å². The molecule has 0 radical (unpaired) electrons. The predicted molar refractivity (Wildman–Crippen MR) is 85.2 cm³/mol. The average Bonchev–Trinajstić information content (AvgIpc) is 2.45. The molecule has 0 fully saturated rings. The summed E-state index contributed by atoms with van der Waals surface area (Å²) in [7, 11) is 0. The molecule has 0 saturated carbocycles. The maximum atomic E-state index is 6.31. The van der Waals surface area contributed by atoms with Crippen molar-refractivity contribution in [3.63, 3.8) is 0 Å². The predicted octanol–water partition coefficient (Wildman–Crippen LogP) is 3.52. The standard InChI is InChI=1S/C15H17IN2O/c1-2-7-19-12-8-11(9-18-10-12)15(17)13-5-3-4-6-14(13)16/h3-6,8-10,15H,2,7,17H2,1H3. The van der Waals surface area contributed by atoms with Crippen molar-refractivity contribution >= 4 is 22.6 Å². The van der Waals surface area contributed by atoms with Gasteiger partial charge in [-0.3, -0.25) is 4.98 Å². The van der Waals surface area contributed by atoms with E-state index in [1.54, 1.807) is 12.4 Å². The molecule has 0 aliphatic rings. The zero-order valence-electron chi connectivity index (χ0n) is 10.8. The summed E-state index contributed by atoms with van der Waals surface area (Å²) in [5.74, 6) is 0.778. The Morgan fingerprint density at radius 2 is 2.11 bits per heavy atom. The van der Waals surface area contributed by atoms with E-state index < -0.39 is 0 Å². The van der Waals surface area contributed by atoms with Crippen LogP contribution in [0.25, 0.3) is 0 Å². The van der Waals surface area contributed by atoms with Crippen molar-refractivity contribution in [2.45, 2.75) is 19.4 Å². The number of halogens is 1. The molecule has 1 aromatic heterocycles. The van der Waals surface area contributed by atoms with Crippen LogP contribution in [-0.2, 0) is 0 Å². The third-order valence-electron chi connectivity index (χ3n) is 2.81. The van der Waals surface area contributed by atoms with E-state index >= 15 is 0 Å². The first-order valence-corrected chi connectivity index (χ1v) is 7.38. The maximum Gasteiger partial charge on any atom is 0.137 e. The van der Waals surface area contributed by atoms with Gasteiger partial charge in [-0.1, -0.05) is 25.1 Å². The highest BCUT2D eigenvalue weighted by Crippen LogP contribution is 2.25. The molecule has 0 aliphatic carbocycles. The molecular formula is C15H17IN2O. The minimum absolute atomic E-state index is 0.175. The Kier molecular flexibility index (Phi) is 5.15. The van der Waals surface area contributed by atoms with Crippen LogP contribution in [0.1, 0.15) is 30.5 Å². The summed E-state index contributed by atoms with van der Waals surface area (Å²) in [6.45, 7) is 2.78. The monoisotopic (exact) mass is 368 g/mol. The number of pyridine rings is 1. The summed E-state index contributed by atoms with van der Waals surface area (Å²) in [6.07, 6.45) is 4.50. The lowest BCUT2D eigenvalue weighted by molar-refractivity contribution is 0.315. The van der Waals surface area contributed by atoms with Gasteiger partial charge in [0.25, 0.3) is 0 Å². The van der Waals surface area contributed by atoms with Crippen LogP contribution in [-0.4, -0.2) is 11.6 Å². The van der Waals surface area contributed by atoms with Crippen molar-refractivity contribution in [1.29, 1.82) is 0 Å². The van der Waals surface area contributed by atoms with E-state index in [0.717, 1.165) is 26.9 Å². The van der Waals surface area contributed by atoms with E-state index in [2.05, 4.69) is 40.6 Å². The molecule has 19 heavy (non-hydrogen) atoms. The summed E-state index contributed by atoms with van der Waals surface area (Å²) < 4.78 is 6.75. The topological polar surface area (TPSA) is 48.1 Å². The first kappa shape index (κ1) is 14.3. The highest BCUT2D eigenvalue weighted by Gasteiger charge is 2.12. The molecule has 1 atom stereocenters. The van der Waals surface area contributed by atoms with E-state index in [1.807, 2.05) is 24.3 Å². The van der Waals surface area contributed by atoms with Gasteiger partial charge in [0, 0.05) is 9.77 Å². The summed E-state index contributed by atoms with van der Waals surface area (Å²) in [6, 6.07) is 9.91. The van der Waals surface area contributed by atoms with Gasteiger partial charge in [-0.25, -0.2) is 0 Å². The van der Waals surface area contributed by atoms with Crippen molar-refractivity contribution in [2.75, 3.05) is 6.61 Å². The highest BCUT2D eigenvalue weighted by atomic mass is 127. The third-order valence-corrected chi connectivity index (χ3v) is 3.79. The van der Waals surface area contributed by atoms with Crippen LogP contribution in [0.15, 0.2) is 42.7 Å². The Morgan fingerprint density at radius 1 is 1.32 bits per heavy atom.